The molecule has 0 aromatic heterocycles. The zero-order chi connectivity index (χ0) is 10.3. The fourth-order valence-electron chi connectivity index (χ4n) is 1.27. The van der Waals surface area contributed by atoms with Gasteiger partial charge >= 0.3 is 0 Å². The standard InChI is InChI=1S/C12H22O/c1-5-7-8-9-12(13)11(4)10(3)6-2/h6,11H,5,7-9H2,1-4H3/t11-/m0/s1. The number of carbonyl (C=O) groups is 1. The van der Waals surface area contributed by atoms with E-state index in [1.165, 1.54) is 18.4 Å². The molecule has 0 amide bonds. The fraction of sp³-hybridized carbons (Fsp3) is 0.750. The van der Waals surface area contributed by atoms with Gasteiger partial charge < -0.3 is 0 Å². The van der Waals surface area contributed by atoms with Gasteiger partial charge in [-0.1, -0.05) is 38.3 Å². The lowest BCUT2D eigenvalue weighted by Gasteiger charge is -2.10. The minimum atomic E-state index is 0.127. The molecule has 76 valence electrons. The van der Waals surface area contributed by atoms with Gasteiger partial charge in [-0.05, 0) is 20.3 Å². The lowest BCUT2D eigenvalue weighted by Crippen LogP contribution is -2.11. The van der Waals surface area contributed by atoms with Gasteiger partial charge in [0.05, 0.1) is 0 Å². The summed E-state index contributed by atoms with van der Waals surface area (Å²) < 4.78 is 0. The van der Waals surface area contributed by atoms with Crippen LogP contribution in [0.4, 0.5) is 0 Å². The van der Waals surface area contributed by atoms with Crippen LogP contribution >= 0.6 is 0 Å². The number of rotatable bonds is 6. The highest BCUT2D eigenvalue weighted by Gasteiger charge is 2.12. The van der Waals surface area contributed by atoms with E-state index in [1.807, 2.05) is 26.8 Å². The maximum atomic E-state index is 11.6. The molecule has 0 N–H and O–H groups in total. The van der Waals surface area contributed by atoms with Crippen LogP contribution in [0.15, 0.2) is 11.6 Å². The molecule has 0 aliphatic rings. The smallest absolute Gasteiger partial charge is 0.139 e. The molecular formula is C12H22O. The van der Waals surface area contributed by atoms with E-state index in [-0.39, 0.29) is 5.92 Å². The second kappa shape index (κ2) is 6.88. The molecule has 0 aromatic rings. The summed E-state index contributed by atoms with van der Waals surface area (Å²) in [6.07, 6.45) is 6.19. The Kier molecular flexibility index (Phi) is 6.56. The molecule has 1 atom stereocenters. The molecule has 1 nitrogen and oxygen atoms in total. The van der Waals surface area contributed by atoms with Crippen molar-refractivity contribution in [3.63, 3.8) is 0 Å². The Morgan fingerprint density at radius 3 is 2.46 bits per heavy atom. The van der Waals surface area contributed by atoms with E-state index in [0.717, 1.165) is 12.8 Å². The van der Waals surface area contributed by atoms with Crippen LogP contribution in [0.1, 0.15) is 53.4 Å². The topological polar surface area (TPSA) is 17.1 Å². The van der Waals surface area contributed by atoms with Crippen molar-refractivity contribution in [1.82, 2.24) is 0 Å². The van der Waals surface area contributed by atoms with E-state index in [1.54, 1.807) is 0 Å². The molecule has 0 aromatic carbocycles. The molecule has 1 heteroatoms. The van der Waals surface area contributed by atoms with Crippen molar-refractivity contribution in [1.29, 1.82) is 0 Å². The lowest BCUT2D eigenvalue weighted by atomic mass is 9.94. The Labute approximate surface area is 82.2 Å². The second-order valence-corrected chi connectivity index (χ2v) is 3.68. The number of ketones is 1. The van der Waals surface area contributed by atoms with Crippen molar-refractivity contribution in [2.45, 2.75) is 53.4 Å². The molecule has 0 aliphatic carbocycles. The van der Waals surface area contributed by atoms with Crippen LogP contribution in [-0.2, 0) is 4.79 Å². The molecule has 0 unspecified atom stereocenters. The summed E-state index contributed by atoms with van der Waals surface area (Å²) in [5.41, 5.74) is 1.20. The number of unbranched alkanes of at least 4 members (excludes halogenated alkanes) is 2. The van der Waals surface area contributed by atoms with Crippen molar-refractivity contribution < 1.29 is 4.79 Å². The maximum absolute atomic E-state index is 11.6. The first-order valence-corrected chi connectivity index (χ1v) is 5.29. The molecule has 0 fully saturated rings. The molecule has 0 spiro atoms. The van der Waals surface area contributed by atoms with Gasteiger partial charge in [0, 0.05) is 12.3 Å². The quantitative estimate of drug-likeness (QED) is 0.452. The van der Waals surface area contributed by atoms with Gasteiger partial charge in [-0.25, -0.2) is 0 Å². The predicted molar refractivity (Wildman–Crippen MR) is 57.7 cm³/mol. The van der Waals surface area contributed by atoms with E-state index in [9.17, 15) is 4.79 Å². The molecule has 0 saturated heterocycles. The first-order chi connectivity index (χ1) is 6.13. The molecule has 0 heterocycles. The van der Waals surface area contributed by atoms with Crippen LogP contribution in [0.3, 0.4) is 0 Å². The average molecular weight is 182 g/mol. The SMILES string of the molecule is CC=C(C)[C@H](C)C(=O)CCCCC. The number of hydrogen-bond acceptors (Lipinski definition) is 1. The Morgan fingerprint density at radius 1 is 1.38 bits per heavy atom. The van der Waals surface area contributed by atoms with Gasteiger partial charge in [0.2, 0.25) is 0 Å². The Bertz CT molecular complexity index is 180. The van der Waals surface area contributed by atoms with Gasteiger partial charge in [-0.2, -0.15) is 0 Å². The highest BCUT2D eigenvalue weighted by Crippen LogP contribution is 2.14. The largest absolute Gasteiger partial charge is 0.299 e. The zero-order valence-corrected chi connectivity index (χ0v) is 9.39. The van der Waals surface area contributed by atoms with Crippen molar-refractivity contribution in [3.8, 4) is 0 Å². The number of Topliss-reactive ketones (excluding diaryl/α,β-unsaturated/α-hetero) is 1. The molecule has 13 heavy (non-hydrogen) atoms. The summed E-state index contributed by atoms with van der Waals surface area (Å²) in [7, 11) is 0. The normalized spacial score (nSPS) is 14.3. The van der Waals surface area contributed by atoms with Crippen LogP contribution in [0.25, 0.3) is 0 Å². The maximum Gasteiger partial charge on any atom is 0.139 e. The van der Waals surface area contributed by atoms with Crippen molar-refractivity contribution >= 4 is 5.78 Å². The Balaban J connectivity index is 3.83. The minimum absolute atomic E-state index is 0.127. The first-order valence-electron chi connectivity index (χ1n) is 5.29. The number of allylic oxidation sites excluding steroid dienone is 2. The third kappa shape index (κ3) is 4.87. The third-order valence-corrected chi connectivity index (χ3v) is 2.65. The monoisotopic (exact) mass is 182 g/mol. The highest BCUT2D eigenvalue weighted by molar-refractivity contribution is 5.83. The highest BCUT2D eigenvalue weighted by atomic mass is 16.1. The Morgan fingerprint density at radius 2 is 2.00 bits per heavy atom. The van der Waals surface area contributed by atoms with E-state index >= 15 is 0 Å². The van der Waals surface area contributed by atoms with Crippen molar-refractivity contribution in [2.24, 2.45) is 5.92 Å². The lowest BCUT2D eigenvalue weighted by molar-refractivity contribution is -0.121. The van der Waals surface area contributed by atoms with Crippen LogP contribution in [-0.4, -0.2) is 5.78 Å². The molecule has 0 radical (unpaired) electrons. The molecule has 0 saturated carbocycles. The van der Waals surface area contributed by atoms with Crippen LogP contribution in [0, 0.1) is 5.92 Å². The fourth-order valence-corrected chi connectivity index (χ4v) is 1.27. The first kappa shape index (κ1) is 12.4. The summed E-state index contributed by atoms with van der Waals surface area (Å²) in [6, 6.07) is 0. The van der Waals surface area contributed by atoms with E-state index in [0.29, 0.717) is 5.78 Å². The average Bonchev–Trinajstić information content (AvgIpc) is 2.15. The van der Waals surface area contributed by atoms with Gasteiger partial charge in [-0.3, -0.25) is 4.79 Å². The molecular weight excluding hydrogens is 160 g/mol. The van der Waals surface area contributed by atoms with Crippen LogP contribution in [0.2, 0.25) is 0 Å². The van der Waals surface area contributed by atoms with Crippen LogP contribution in [0.5, 0.6) is 0 Å². The van der Waals surface area contributed by atoms with E-state index < -0.39 is 0 Å². The molecule has 0 bridgehead atoms. The summed E-state index contributed by atoms with van der Waals surface area (Å²) >= 11 is 0. The second-order valence-electron chi connectivity index (χ2n) is 3.68. The van der Waals surface area contributed by atoms with Gasteiger partial charge in [0.15, 0.2) is 0 Å². The van der Waals surface area contributed by atoms with E-state index in [2.05, 4.69) is 6.92 Å². The van der Waals surface area contributed by atoms with Gasteiger partial charge in [-0.15, -0.1) is 0 Å². The summed E-state index contributed by atoms with van der Waals surface area (Å²) in [4.78, 5) is 11.6. The molecule has 0 rings (SSSR count). The van der Waals surface area contributed by atoms with Crippen molar-refractivity contribution in [2.75, 3.05) is 0 Å². The third-order valence-electron chi connectivity index (χ3n) is 2.65. The summed E-state index contributed by atoms with van der Waals surface area (Å²) in [5.74, 6) is 0.519. The molecule has 0 aliphatic heterocycles. The van der Waals surface area contributed by atoms with Gasteiger partial charge in [0.25, 0.3) is 0 Å². The predicted octanol–water partition coefficient (Wildman–Crippen LogP) is 3.74. The Hall–Kier alpha value is -0.590. The van der Waals surface area contributed by atoms with Gasteiger partial charge in [0.1, 0.15) is 5.78 Å². The van der Waals surface area contributed by atoms with Crippen molar-refractivity contribution in [3.05, 3.63) is 11.6 Å². The zero-order valence-electron chi connectivity index (χ0n) is 9.39. The van der Waals surface area contributed by atoms with Crippen LogP contribution < -0.4 is 0 Å². The summed E-state index contributed by atoms with van der Waals surface area (Å²) in [5, 5.41) is 0. The minimum Gasteiger partial charge on any atom is -0.299 e. The van der Waals surface area contributed by atoms with E-state index in [4.69, 9.17) is 0 Å². The summed E-state index contributed by atoms with van der Waals surface area (Å²) in [6.45, 7) is 8.18. The number of carbonyl (C=O) groups excluding carboxylic acids is 1. The number of hydrogen-bond donors (Lipinski definition) is 0.